The summed E-state index contributed by atoms with van der Waals surface area (Å²) in [6, 6.07) is 8.97. The van der Waals surface area contributed by atoms with Crippen LogP contribution in [0.5, 0.6) is 0 Å². The van der Waals surface area contributed by atoms with E-state index in [2.05, 4.69) is 5.32 Å². The molecule has 19 heavy (non-hydrogen) atoms. The Bertz CT molecular complexity index is 593. The number of nitrogens with two attached hydrogens (primary N) is 1. The molecule has 100 valence electrons. The monoisotopic (exact) mass is 278 g/mol. The van der Waals surface area contributed by atoms with Crippen molar-refractivity contribution in [2.24, 2.45) is 5.73 Å². The summed E-state index contributed by atoms with van der Waals surface area (Å²) in [5.74, 6) is 0.622. The largest absolute Gasteiger partial charge is 0.451 e. The Morgan fingerprint density at radius 2 is 2.16 bits per heavy atom. The third-order valence-corrected chi connectivity index (χ3v) is 3.20. The number of nitrogens with one attached hydrogen (secondary N) is 1. The van der Waals surface area contributed by atoms with Crippen molar-refractivity contribution in [1.82, 2.24) is 5.32 Å². The molecule has 0 aliphatic carbocycles. The number of benzene rings is 1. The van der Waals surface area contributed by atoms with Crippen molar-refractivity contribution < 1.29 is 9.21 Å². The molecule has 0 aliphatic rings. The van der Waals surface area contributed by atoms with Crippen molar-refractivity contribution >= 4 is 17.5 Å². The summed E-state index contributed by atoms with van der Waals surface area (Å²) in [6.45, 7) is 2.73. The molecule has 0 saturated heterocycles. The van der Waals surface area contributed by atoms with Gasteiger partial charge < -0.3 is 15.5 Å². The Kier molecular flexibility index (Phi) is 4.24. The minimum Gasteiger partial charge on any atom is -0.451 e. The molecule has 2 rings (SSSR count). The summed E-state index contributed by atoms with van der Waals surface area (Å²) in [5, 5.41) is 3.33. The van der Waals surface area contributed by atoms with Crippen molar-refractivity contribution in [3.63, 3.8) is 0 Å². The number of rotatable bonds is 4. The van der Waals surface area contributed by atoms with Gasteiger partial charge in [0.1, 0.15) is 5.76 Å². The van der Waals surface area contributed by atoms with Crippen LogP contribution in [0, 0.1) is 6.92 Å². The quantitative estimate of drug-likeness (QED) is 0.903. The third kappa shape index (κ3) is 2.97. The SMILES string of the molecule is Cc1c(Cl)cccc1-c1ccc(C(=O)NCCN)o1. The summed E-state index contributed by atoms with van der Waals surface area (Å²) < 4.78 is 5.55. The Morgan fingerprint density at radius 1 is 1.37 bits per heavy atom. The van der Waals surface area contributed by atoms with Gasteiger partial charge >= 0.3 is 0 Å². The van der Waals surface area contributed by atoms with E-state index in [0.29, 0.717) is 23.9 Å². The average molecular weight is 279 g/mol. The molecule has 0 saturated carbocycles. The molecule has 5 heteroatoms. The highest BCUT2D eigenvalue weighted by Gasteiger charge is 2.13. The number of halogens is 1. The molecule has 0 spiro atoms. The molecule has 0 radical (unpaired) electrons. The minimum absolute atomic E-state index is 0.267. The second-order valence-corrected chi connectivity index (χ2v) is 4.53. The van der Waals surface area contributed by atoms with E-state index in [0.717, 1.165) is 11.1 Å². The van der Waals surface area contributed by atoms with E-state index in [-0.39, 0.29) is 11.7 Å². The standard InChI is InChI=1S/C14H15ClN2O2/c1-9-10(3-2-4-11(9)15)12-5-6-13(19-12)14(18)17-8-7-16/h2-6H,7-8,16H2,1H3,(H,17,18). The van der Waals surface area contributed by atoms with Crippen LogP contribution in [0.4, 0.5) is 0 Å². The lowest BCUT2D eigenvalue weighted by molar-refractivity contribution is 0.0928. The van der Waals surface area contributed by atoms with Crippen LogP contribution in [0.1, 0.15) is 16.1 Å². The molecule has 4 nitrogen and oxygen atoms in total. The van der Waals surface area contributed by atoms with E-state index >= 15 is 0 Å². The van der Waals surface area contributed by atoms with E-state index < -0.39 is 0 Å². The van der Waals surface area contributed by atoms with Crippen molar-refractivity contribution in [1.29, 1.82) is 0 Å². The molecule has 1 amide bonds. The maximum atomic E-state index is 11.7. The van der Waals surface area contributed by atoms with Crippen LogP contribution in [-0.4, -0.2) is 19.0 Å². The van der Waals surface area contributed by atoms with E-state index in [4.69, 9.17) is 21.8 Å². The number of furan rings is 1. The molecule has 0 aliphatic heterocycles. The Hall–Kier alpha value is -1.78. The topological polar surface area (TPSA) is 68.3 Å². The van der Waals surface area contributed by atoms with Crippen molar-refractivity contribution in [2.75, 3.05) is 13.1 Å². The molecule has 1 aromatic heterocycles. The van der Waals surface area contributed by atoms with Crippen LogP contribution in [0.3, 0.4) is 0 Å². The van der Waals surface area contributed by atoms with E-state index in [1.54, 1.807) is 12.1 Å². The minimum atomic E-state index is -0.267. The molecular weight excluding hydrogens is 264 g/mol. The van der Waals surface area contributed by atoms with Crippen LogP contribution in [0.2, 0.25) is 5.02 Å². The Balaban J connectivity index is 2.26. The van der Waals surface area contributed by atoms with Gasteiger partial charge in [0.25, 0.3) is 5.91 Å². The van der Waals surface area contributed by atoms with Gasteiger partial charge in [0.05, 0.1) is 0 Å². The molecule has 0 bridgehead atoms. The first kappa shape index (κ1) is 13.6. The number of hydrogen-bond acceptors (Lipinski definition) is 3. The first-order valence-corrected chi connectivity index (χ1v) is 6.35. The second-order valence-electron chi connectivity index (χ2n) is 4.12. The van der Waals surface area contributed by atoms with E-state index in [1.165, 1.54) is 0 Å². The van der Waals surface area contributed by atoms with Crippen LogP contribution in [0.15, 0.2) is 34.7 Å². The van der Waals surface area contributed by atoms with Crippen molar-refractivity contribution in [2.45, 2.75) is 6.92 Å². The summed E-state index contributed by atoms with van der Waals surface area (Å²) in [6.07, 6.45) is 0. The molecule has 0 atom stereocenters. The highest BCUT2D eigenvalue weighted by atomic mass is 35.5. The van der Waals surface area contributed by atoms with Gasteiger partial charge in [-0.2, -0.15) is 0 Å². The fourth-order valence-electron chi connectivity index (χ4n) is 1.75. The number of carbonyl (C=O) groups excluding carboxylic acids is 1. The van der Waals surface area contributed by atoms with Gasteiger partial charge in [-0.05, 0) is 30.7 Å². The molecule has 0 fully saturated rings. The third-order valence-electron chi connectivity index (χ3n) is 2.79. The zero-order valence-electron chi connectivity index (χ0n) is 10.6. The predicted molar refractivity (Wildman–Crippen MR) is 75.3 cm³/mol. The number of hydrogen-bond donors (Lipinski definition) is 2. The summed E-state index contributed by atoms with van der Waals surface area (Å²) in [4.78, 5) is 11.7. The Labute approximate surface area is 116 Å². The fraction of sp³-hybridized carbons (Fsp3) is 0.214. The lowest BCUT2D eigenvalue weighted by Crippen LogP contribution is -2.28. The normalized spacial score (nSPS) is 10.5. The van der Waals surface area contributed by atoms with E-state index in [9.17, 15) is 4.79 Å². The summed E-state index contributed by atoms with van der Waals surface area (Å²) in [7, 11) is 0. The van der Waals surface area contributed by atoms with Crippen LogP contribution < -0.4 is 11.1 Å². The maximum absolute atomic E-state index is 11.7. The lowest BCUT2D eigenvalue weighted by atomic mass is 10.1. The fourth-order valence-corrected chi connectivity index (χ4v) is 1.93. The summed E-state index contributed by atoms with van der Waals surface area (Å²) in [5.41, 5.74) is 7.13. The molecule has 1 aromatic carbocycles. The van der Waals surface area contributed by atoms with Gasteiger partial charge in [0, 0.05) is 23.7 Å². The van der Waals surface area contributed by atoms with Gasteiger partial charge in [-0.3, -0.25) is 4.79 Å². The van der Waals surface area contributed by atoms with E-state index in [1.807, 2.05) is 25.1 Å². The smallest absolute Gasteiger partial charge is 0.287 e. The van der Waals surface area contributed by atoms with Gasteiger partial charge in [0.15, 0.2) is 5.76 Å². The molecule has 2 aromatic rings. The van der Waals surface area contributed by atoms with Gasteiger partial charge in [-0.1, -0.05) is 23.7 Å². The van der Waals surface area contributed by atoms with Crippen LogP contribution in [-0.2, 0) is 0 Å². The molecular formula is C14H15ClN2O2. The predicted octanol–water partition coefficient (Wildman–Crippen LogP) is 2.60. The molecule has 0 unspecified atom stereocenters. The van der Waals surface area contributed by atoms with Gasteiger partial charge in [-0.15, -0.1) is 0 Å². The summed E-state index contributed by atoms with van der Waals surface area (Å²) >= 11 is 6.07. The Morgan fingerprint density at radius 3 is 2.89 bits per heavy atom. The van der Waals surface area contributed by atoms with Crippen molar-refractivity contribution in [3.8, 4) is 11.3 Å². The highest BCUT2D eigenvalue weighted by Crippen LogP contribution is 2.29. The number of amides is 1. The van der Waals surface area contributed by atoms with Gasteiger partial charge in [0.2, 0.25) is 0 Å². The second kappa shape index (κ2) is 5.91. The first-order valence-electron chi connectivity index (χ1n) is 5.97. The lowest BCUT2D eigenvalue weighted by Gasteiger charge is -2.04. The first-order chi connectivity index (χ1) is 9.13. The molecule has 3 N–H and O–H groups in total. The highest BCUT2D eigenvalue weighted by molar-refractivity contribution is 6.31. The van der Waals surface area contributed by atoms with Crippen molar-refractivity contribution in [3.05, 3.63) is 46.7 Å². The van der Waals surface area contributed by atoms with Crippen LogP contribution >= 0.6 is 11.6 Å². The zero-order valence-corrected chi connectivity index (χ0v) is 11.3. The van der Waals surface area contributed by atoms with Crippen LogP contribution in [0.25, 0.3) is 11.3 Å². The zero-order chi connectivity index (χ0) is 13.8. The maximum Gasteiger partial charge on any atom is 0.287 e. The number of carbonyl (C=O) groups is 1. The average Bonchev–Trinajstić information content (AvgIpc) is 2.88. The molecule has 1 heterocycles. The van der Waals surface area contributed by atoms with Gasteiger partial charge in [-0.25, -0.2) is 0 Å².